The molecule has 0 heterocycles. The van der Waals surface area contributed by atoms with Gasteiger partial charge in [-0.05, 0) is 61.3 Å². The molecule has 1 aromatic carbocycles. The largest absolute Gasteiger partial charge is 0.314 e. The number of hydrogen-bond donors (Lipinski definition) is 1. The Morgan fingerprint density at radius 2 is 1.95 bits per heavy atom. The van der Waals surface area contributed by atoms with Crippen molar-refractivity contribution in [3.05, 3.63) is 35.1 Å². The molecule has 0 aromatic heterocycles. The Kier molecular flexibility index (Phi) is 4.29. The van der Waals surface area contributed by atoms with E-state index in [9.17, 15) is 4.39 Å². The van der Waals surface area contributed by atoms with E-state index < -0.39 is 0 Å². The van der Waals surface area contributed by atoms with Crippen LogP contribution in [0, 0.1) is 18.2 Å². The van der Waals surface area contributed by atoms with Crippen LogP contribution < -0.4 is 5.32 Å². The summed E-state index contributed by atoms with van der Waals surface area (Å²) in [4.78, 5) is 0. The van der Waals surface area contributed by atoms with Crippen molar-refractivity contribution >= 4 is 0 Å². The van der Waals surface area contributed by atoms with Crippen LogP contribution in [0.4, 0.5) is 4.39 Å². The fourth-order valence-corrected chi connectivity index (χ4v) is 3.85. The summed E-state index contributed by atoms with van der Waals surface area (Å²) in [5.74, 6) is 0.437. The molecule has 2 rings (SSSR count). The van der Waals surface area contributed by atoms with Gasteiger partial charge in [0.1, 0.15) is 5.82 Å². The maximum atomic E-state index is 13.8. The van der Waals surface area contributed by atoms with E-state index in [2.05, 4.69) is 32.2 Å². The fourth-order valence-electron chi connectivity index (χ4n) is 3.85. The molecular weight excluding hydrogens is 237 g/mol. The normalized spacial score (nSPS) is 25.1. The lowest BCUT2D eigenvalue weighted by molar-refractivity contribution is 0.0209. The van der Waals surface area contributed by atoms with Gasteiger partial charge in [0.25, 0.3) is 0 Å². The van der Waals surface area contributed by atoms with Gasteiger partial charge in [-0.1, -0.05) is 32.9 Å². The van der Waals surface area contributed by atoms with Crippen molar-refractivity contribution in [2.75, 3.05) is 6.54 Å². The van der Waals surface area contributed by atoms with Crippen LogP contribution in [0.1, 0.15) is 57.1 Å². The maximum absolute atomic E-state index is 13.8. The summed E-state index contributed by atoms with van der Waals surface area (Å²) < 4.78 is 13.8. The molecule has 2 unspecified atom stereocenters. The van der Waals surface area contributed by atoms with Crippen LogP contribution in [-0.4, -0.2) is 12.6 Å². The Hall–Kier alpha value is -0.890. The summed E-state index contributed by atoms with van der Waals surface area (Å²) in [6.45, 7) is 9.54. The lowest BCUT2D eigenvalue weighted by Gasteiger charge is -2.56. The van der Waals surface area contributed by atoms with Gasteiger partial charge in [-0.15, -0.1) is 0 Å². The lowest BCUT2D eigenvalue weighted by Crippen LogP contribution is -2.58. The lowest BCUT2D eigenvalue weighted by atomic mass is 9.51. The van der Waals surface area contributed by atoms with E-state index in [0.717, 1.165) is 31.4 Å². The van der Waals surface area contributed by atoms with Crippen LogP contribution in [0.3, 0.4) is 0 Å². The number of hydrogen-bond acceptors (Lipinski definition) is 1. The van der Waals surface area contributed by atoms with E-state index in [1.54, 1.807) is 6.07 Å². The fraction of sp³-hybridized carbons (Fsp3) is 0.647. The first kappa shape index (κ1) is 14.5. The highest BCUT2D eigenvalue weighted by molar-refractivity contribution is 5.32. The molecule has 2 heteroatoms. The predicted molar refractivity (Wildman–Crippen MR) is 79.0 cm³/mol. The van der Waals surface area contributed by atoms with E-state index in [-0.39, 0.29) is 5.82 Å². The highest BCUT2D eigenvalue weighted by Crippen LogP contribution is 2.57. The minimum absolute atomic E-state index is 0.0643. The zero-order valence-electron chi connectivity index (χ0n) is 12.6. The Labute approximate surface area is 116 Å². The van der Waals surface area contributed by atoms with Gasteiger partial charge in [-0.25, -0.2) is 4.39 Å². The Morgan fingerprint density at radius 1 is 1.26 bits per heavy atom. The van der Waals surface area contributed by atoms with E-state index in [4.69, 9.17) is 0 Å². The quantitative estimate of drug-likeness (QED) is 0.830. The van der Waals surface area contributed by atoms with Crippen molar-refractivity contribution in [2.45, 2.75) is 58.9 Å². The molecule has 19 heavy (non-hydrogen) atoms. The van der Waals surface area contributed by atoms with Gasteiger partial charge in [-0.2, -0.15) is 0 Å². The topological polar surface area (TPSA) is 12.0 Å². The number of aryl methyl sites for hydroxylation is 1. The molecule has 1 aliphatic rings. The summed E-state index contributed by atoms with van der Waals surface area (Å²) in [5.41, 5.74) is 2.23. The van der Waals surface area contributed by atoms with E-state index >= 15 is 0 Å². The SMILES string of the molecule is CCNC1CC(c2ccc(C)c(F)c2)C1(CC)CC. The second-order valence-corrected chi connectivity index (χ2v) is 5.85. The molecule has 1 nitrogen and oxygen atoms in total. The van der Waals surface area contributed by atoms with Crippen LogP contribution in [0.2, 0.25) is 0 Å². The van der Waals surface area contributed by atoms with Gasteiger partial charge in [-0.3, -0.25) is 0 Å². The van der Waals surface area contributed by atoms with Crippen molar-refractivity contribution in [3.8, 4) is 0 Å². The monoisotopic (exact) mass is 263 g/mol. The molecule has 0 amide bonds. The van der Waals surface area contributed by atoms with Gasteiger partial charge in [0.15, 0.2) is 0 Å². The summed E-state index contributed by atoms with van der Waals surface area (Å²) >= 11 is 0. The van der Waals surface area contributed by atoms with Crippen LogP contribution >= 0.6 is 0 Å². The van der Waals surface area contributed by atoms with Gasteiger partial charge >= 0.3 is 0 Å². The van der Waals surface area contributed by atoms with Crippen LogP contribution in [0.25, 0.3) is 0 Å². The summed E-state index contributed by atoms with van der Waals surface area (Å²) in [5, 5.41) is 3.61. The smallest absolute Gasteiger partial charge is 0.126 e. The van der Waals surface area contributed by atoms with Crippen LogP contribution in [0.5, 0.6) is 0 Å². The molecule has 1 N–H and O–H groups in total. The molecule has 0 bridgehead atoms. The standard InChI is InChI=1S/C17H26FN/c1-5-17(6-2)14(11-16(17)19-7-3)13-9-8-12(4)15(18)10-13/h8-10,14,16,19H,5-7,11H2,1-4H3. The van der Waals surface area contributed by atoms with Crippen molar-refractivity contribution in [2.24, 2.45) is 5.41 Å². The molecule has 1 aliphatic carbocycles. The Morgan fingerprint density at radius 3 is 2.47 bits per heavy atom. The molecule has 0 saturated heterocycles. The number of benzene rings is 1. The van der Waals surface area contributed by atoms with Crippen molar-refractivity contribution < 1.29 is 4.39 Å². The minimum Gasteiger partial charge on any atom is -0.314 e. The average Bonchev–Trinajstić information content (AvgIpc) is 2.39. The summed E-state index contributed by atoms with van der Waals surface area (Å²) in [6.07, 6.45) is 3.45. The van der Waals surface area contributed by atoms with Gasteiger partial charge in [0.05, 0.1) is 0 Å². The Bertz CT molecular complexity index is 437. The summed E-state index contributed by atoms with van der Waals surface area (Å²) in [7, 11) is 0. The van der Waals surface area contributed by atoms with Crippen molar-refractivity contribution in [1.29, 1.82) is 0 Å². The number of nitrogens with one attached hydrogen (secondary N) is 1. The van der Waals surface area contributed by atoms with Gasteiger partial charge < -0.3 is 5.32 Å². The van der Waals surface area contributed by atoms with Crippen molar-refractivity contribution in [1.82, 2.24) is 5.32 Å². The second-order valence-electron chi connectivity index (χ2n) is 5.85. The summed E-state index contributed by atoms with van der Waals surface area (Å²) in [6, 6.07) is 6.37. The molecule has 0 radical (unpaired) electrons. The highest BCUT2D eigenvalue weighted by Gasteiger charge is 2.52. The molecule has 0 aliphatic heterocycles. The molecule has 2 atom stereocenters. The van der Waals surface area contributed by atoms with E-state index in [1.165, 1.54) is 5.56 Å². The number of rotatable bonds is 5. The van der Waals surface area contributed by atoms with Crippen molar-refractivity contribution in [3.63, 3.8) is 0 Å². The zero-order chi connectivity index (χ0) is 14.0. The second kappa shape index (κ2) is 5.62. The third-order valence-corrected chi connectivity index (χ3v) is 5.22. The maximum Gasteiger partial charge on any atom is 0.126 e. The van der Waals surface area contributed by atoms with Gasteiger partial charge in [0.2, 0.25) is 0 Å². The van der Waals surface area contributed by atoms with Gasteiger partial charge in [0, 0.05) is 6.04 Å². The Balaban J connectivity index is 2.27. The average molecular weight is 263 g/mol. The predicted octanol–water partition coefficient (Wildman–Crippen LogP) is 4.41. The van der Waals surface area contributed by atoms with E-state index in [0.29, 0.717) is 17.4 Å². The molecule has 106 valence electrons. The minimum atomic E-state index is -0.0643. The van der Waals surface area contributed by atoms with Crippen LogP contribution in [0.15, 0.2) is 18.2 Å². The first-order valence-corrected chi connectivity index (χ1v) is 7.58. The molecular formula is C17H26FN. The molecule has 1 saturated carbocycles. The molecule has 1 aromatic rings. The first-order valence-electron chi connectivity index (χ1n) is 7.58. The zero-order valence-corrected chi connectivity index (χ0v) is 12.6. The third kappa shape index (κ3) is 2.31. The first-order chi connectivity index (χ1) is 9.08. The highest BCUT2D eigenvalue weighted by atomic mass is 19.1. The van der Waals surface area contributed by atoms with E-state index in [1.807, 2.05) is 13.0 Å². The molecule has 0 spiro atoms. The number of halogens is 1. The van der Waals surface area contributed by atoms with Crippen LogP contribution in [-0.2, 0) is 0 Å². The molecule has 1 fully saturated rings. The third-order valence-electron chi connectivity index (χ3n) is 5.22.